The summed E-state index contributed by atoms with van der Waals surface area (Å²) in [6.07, 6.45) is -3.20. The van der Waals surface area contributed by atoms with E-state index >= 15 is 0 Å². The minimum atomic E-state index is -1.12. The van der Waals surface area contributed by atoms with Gasteiger partial charge in [-0.3, -0.25) is 24.0 Å². The molecule has 0 radical (unpaired) electrons. The third-order valence-electron chi connectivity index (χ3n) is 5.09. The van der Waals surface area contributed by atoms with Crippen LogP contribution >= 0.6 is 0 Å². The number of carbonyl (C=O) groups is 5. The number of hydrogen-bond acceptors (Lipinski definition) is 12. The molecule has 2 aromatic rings. The molecule has 0 unspecified atom stereocenters. The lowest BCUT2D eigenvalue weighted by Crippen LogP contribution is -2.39. The van der Waals surface area contributed by atoms with E-state index in [0.717, 1.165) is 0 Å². The van der Waals surface area contributed by atoms with E-state index < -0.39 is 48.2 Å². The number of ether oxygens (including phenoxy) is 7. The molecule has 0 spiro atoms. The number of esters is 5. The summed E-state index contributed by atoms with van der Waals surface area (Å²) in [4.78, 5) is 58.7. The molecule has 1 aliphatic heterocycles. The maximum absolute atomic E-state index is 12.1. The molecule has 3 atom stereocenters. The van der Waals surface area contributed by atoms with E-state index in [4.69, 9.17) is 33.2 Å². The van der Waals surface area contributed by atoms with Gasteiger partial charge in [-0.1, -0.05) is 6.07 Å². The summed E-state index contributed by atoms with van der Waals surface area (Å²) < 4.78 is 38.3. The van der Waals surface area contributed by atoms with E-state index in [2.05, 4.69) is 0 Å². The van der Waals surface area contributed by atoms with Crippen molar-refractivity contribution in [3.8, 4) is 28.7 Å². The van der Waals surface area contributed by atoms with Crippen molar-refractivity contribution >= 4 is 29.8 Å². The van der Waals surface area contributed by atoms with Gasteiger partial charge in [-0.25, -0.2) is 0 Å². The molecular weight excluding hydrogens is 504 g/mol. The normalized spacial score (nSPS) is 17.8. The quantitative estimate of drug-likeness (QED) is 0.382. The molecule has 0 bridgehead atoms. The molecule has 0 aromatic heterocycles. The second-order valence-corrected chi connectivity index (χ2v) is 8.18. The maximum Gasteiger partial charge on any atom is 0.308 e. The van der Waals surface area contributed by atoms with Gasteiger partial charge in [0.05, 0.1) is 5.56 Å². The minimum Gasteiger partial charge on any atom is -0.481 e. The molecule has 0 amide bonds. The fourth-order valence-corrected chi connectivity index (χ4v) is 3.95. The van der Waals surface area contributed by atoms with Crippen molar-refractivity contribution in [2.75, 3.05) is 7.11 Å². The predicted octanol–water partition coefficient (Wildman–Crippen LogP) is 3.14. The Morgan fingerprint density at radius 3 is 1.82 bits per heavy atom. The van der Waals surface area contributed by atoms with Gasteiger partial charge in [0.15, 0.2) is 23.7 Å². The molecule has 202 valence electrons. The molecule has 2 aromatic carbocycles. The first-order valence-electron chi connectivity index (χ1n) is 11.3. The lowest BCUT2D eigenvalue weighted by atomic mass is 9.90. The van der Waals surface area contributed by atoms with Crippen molar-refractivity contribution < 1.29 is 57.1 Å². The van der Waals surface area contributed by atoms with E-state index in [0.29, 0.717) is 5.56 Å². The zero-order chi connectivity index (χ0) is 28.1. The van der Waals surface area contributed by atoms with Gasteiger partial charge in [-0.15, -0.1) is 0 Å². The largest absolute Gasteiger partial charge is 0.481 e. The van der Waals surface area contributed by atoms with Crippen molar-refractivity contribution in [2.45, 2.75) is 52.9 Å². The summed E-state index contributed by atoms with van der Waals surface area (Å²) in [6.45, 7) is 5.94. The average Bonchev–Trinajstić information content (AvgIpc) is 2.78. The van der Waals surface area contributed by atoms with Crippen molar-refractivity contribution in [2.24, 2.45) is 0 Å². The van der Waals surface area contributed by atoms with Gasteiger partial charge in [0.2, 0.25) is 0 Å². The zero-order valence-electron chi connectivity index (χ0n) is 21.5. The molecule has 1 heterocycles. The van der Waals surface area contributed by atoms with Crippen molar-refractivity contribution in [3.05, 3.63) is 41.5 Å². The first kappa shape index (κ1) is 28.1. The molecule has 12 heteroatoms. The Morgan fingerprint density at radius 2 is 1.26 bits per heavy atom. The number of rotatable bonds is 7. The first-order chi connectivity index (χ1) is 17.9. The monoisotopic (exact) mass is 530 g/mol. The Kier molecular flexibility index (Phi) is 8.68. The second kappa shape index (κ2) is 11.7. The summed E-state index contributed by atoms with van der Waals surface area (Å²) in [7, 11) is 1.36. The van der Waals surface area contributed by atoms with Gasteiger partial charge in [0.25, 0.3) is 0 Å². The van der Waals surface area contributed by atoms with Crippen LogP contribution in [0.4, 0.5) is 0 Å². The molecule has 0 fully saturated rings. The number of benzene rings is 2. The Balaban J connectivity index is 2.21. The standard InChI is InChI=1S/C26H26O12/c1-12(27)33-18-10-21(36-15(4)30)23-22(11-18)38-24(26(25(23)32-6)37-16(5)31)17-7-8-19(34-13(2)28)20(9-17)35-14(3)29/h7-11,24-26H,1-6H3/t24-,25+,26-/m1/s1. The fraction of sp³-hybridized carbons (Fsp3) is 0.346. The van der Waals surface area contributed by atoms with Crippen LogP contribution in [0.1, 0.15) is 58.0 Å². The van der Waals surface area contributed by atoms with E-state index in [-0.39, 0.29) is 34.3 Å². The Bertz CT molecular complexity index is 1280. The topological polar surface area (TPSA) is 150 Å². The Labute approximate surface area is 217 Å². The van der Waals surface area contributed by atoms with Crippen LogP contribution in [0.15, 0.2) is 30.3 Å². The van der Waals surface area contributed by atoms with E-state index in [9.17, 15) is 24.0 Å². The number of hydrogen-bond donors (Lipinski definition) is 0. The third kappa shape index (κ3) is 6.65. The lowest BCUT2D eigenvalue weighted by molar-refractivity contribution is -0.167. The van der Waals surface area contributed by atoms with Crippen LogP contribution in [0.5, 0.6) is 28.7 Å². The van der Waals surface area contributed by atoms with Crippen molar-refractivity contribution in [3.63, 3.8) is 0 Å². The first-order valence-corrected chi connectivity index (χ1v) is 11.3. The molecule has 0 N–H and O–H groups in total. The summed E-state index contributed by atoms with van der Waals surface area (Å²) in [5, 5.41) is 0. The van der Waals surface area contributed by atoms with Gasteiger partial charge < -0.3 is 33.2 Å². The van der Waals surface area contributed by atoms with Crippen LogP contribution in [0.3, 0.4) is 0 Å². The highest BCUT2D eigenvalue weighted by Gasteiger charge is 2.45. The highest BCUT2D eigenvalue weighted by Crippen LogP contribution is 2.50. The summed E-state index contributed by atoms with van der Waals surface area (Å²) in [6, 6.07) is 7.01. The zero-order valence-corrected chi connectivity index (χ0v) is 21.5. The number of fused-ring (bicyclic) bond motifs is 1. The molecular formula is C26H26O12. The van der Waals surface area contributed by atoms with Crippen molar-refractivity contribution in [1.82, 2.24) is 0 Å². The highest BCUT2D eigenvalue weighted by molar-refractivity contribution is 5.75. The van der Waals surface area contributed by atoms with Gasteiger partial charge in [0, 0.05) is 59.4 Å². The molecule has 38 heavy (non-hydrogen) atoms. The molecule has 3 rings (SSSR count). The van der Waals surface area contributed by atoms with Crippen LogP contribution in [0, 0.1) is 0 Å². The molecule has 12 nitrogen and oxygen atoms in total. The number of carbonyl (C=O) groups excluding carboxylic acids is 5. The van der Waals surface area contributed by atoms with Gasteiger partial charge in [-0.05, 0) is 12.1 Å². The van der Waals surface area contributed by atoms with Gasteiger partial charge in [-0.2, -0.15) is 0 Å². The summed E-state index contributed by atoms with van der Waals surface area (Å²) in [5.74, 6) is -3.25. The van der Waals surface area contributed by atoms with Crippen LogP contribution in [-0.2, 0) is 33.4 Å². The SMILES string of the molecule is CO[C@H]1c2c(OC(C)=O)cc(OC(C)=O)cc2O[C@H](c2ccc(OC(C)=O)c(OC(C)=O)c2)[C@H]1OC(C)=O. The average molecular weight is 530 g/mol. The van der Waals surface area contributed by atoms with Gasteiger partial charge >= 0.3 is 29.8 Å². The van der Waals surface area contributed by atoms with E-state index in [1.54, 1.807) is 0 Å². The Hall–Kier alpha value is -4.45. The number of methoxy groups -OCH3 is 1. The highest BCUT2D eigenvalue weighted by atomic mass is 16.6. The van der Waals surface area contributed by atoms with Crippen LogP contribution in [0.25, 0.3) is 0 Å². The molecule has 1 aliphatic rings. The molecule has 0 saturated carbocycles. The van der Waals surface area contributed by atoms with Gasteiger partial charge in [0.1, 0.15) is 23.4 Å². The summed E-state index contributed by atoms with van der Waals surface area (Å²) in [5.41, 5.74) is 0.584. The smallest absolute Gasteiger partial charge is 0.308 e. The maximum atomic E-state index is 12.1. The minimum absolute atomic E-state index is 0.0192. The predicted molar refractivity (Wildman–Crippen MR) is 127 cm³/mol. The van der Waals surface area contributed by atoms with E-state index in [1.165, 1.54) is 72.1 Å². The fourth-order valence-electron chi connectivity index (χ4n) is 3.95. The van der Waals surface area contributed by atoms with Crippen LogP contribution in [-0.4, -0.2) is 43.1 Å². The Morgan fingerprint density at radius 1 is 0.684 bits per heavy atom. The van der Waals surface area contributed by atoms with Crippen LogP contribution < -0.4 is 23.7 Å². The lowest BCUT2D eigenvalue weighted by Gasteiger charge is -2.39. The third-order valence-corrected chi connectivity index (χ3v) is 5.09. The summed E-state index contributed by atoms with van der Waals surface area (Å²) >= 11 is 0. The van der Waals surface area contributed by atoms with Crippen LogP contribution in [0.2, 0.25) is 0 Å². The van der Waals surface area contributed by atoms with E-state index in [1.807, 2.05) is 0 Å². The molecule has 0 saturated heterocycles. The molecule has 0 aliphatic carbocycles. The van der Waals surface area contributed by atoms with Crippen molar-refractivity contribution in [1.29, 1.82) is 0 Å². The second-order valence-electron chi connectivity index (χ2n) is 8.18.